The monoisotopic (exact) mass is 312 g/mol. The highest BCUT2D eigenvalue weighted by Crippen LogP contribution is 2.25. The highest BCUT2D eigenvalue weighted by Gasteiger charge is 2.19. The quantitative estimate of drug-likeness (QED) is 0.812. The normalized spacial score (nSPS) is 11.2. The van der Waals surface area contributed by atoms with Gasteiger partial charge in [-0.1, -0.05) is 17.7 Å². The third-order valence-electron chi connectivity index (χ3n) is 2.68. The van der Waals surface area contributed by atoms with Gasteiger partial charge in [-0.2, -0.15) is 8.42 Å². The minimum Gasteiger partial charge on any atom is -0.497 e. The summed E-state index contributed by atoms with van der Waals surface area (Å²) in [5.74, 6) is 0.832. The maximum atomic E-state index is 12.2. The number of halogens is 1. The van der Waals surface area contributed by atoms with Crippen molar-refractivity contribution in [3.05, 3.63) is 53.1 Å². The molecule has 0 radical (unpaired) electrons. The summed E-state index contributed by atoms with van der Waals surface area (Å²) < 4.78 is 34.5. The lowest BCUT2D eigenvalue weighted by Gasteiger charge is -2.10. The van der Waals surface area contributed by atoms with Crippen molar-refractivity contribution in [2.24, 2.45) is 0 Å². The molecule has 0 N–H and O–H groups in total. The molecule has 0 amide bonds. The Balaban J connectivity index is 2.32. The van der Waals surface area contributed by atoms with Crippen molar-refractivity contribution in [2.75, 3.05) is 7.11 Å². The van der Waals surface area contributed by atoms with Crippen LogP contribution in [0.1, 0.15) is 5.56 Å². The molecule has 20 heavy (non-hydrogen) atoms. The van der Waals surface area contributed by atoms with E-state index in [9.17, 15) is 8.42 Å². The Labute approximate surface area is 123 Å². The highest BCUT2D eigenvalue weighted by atomic mass is 35.5. The van der Waals surface area contributed by atoms with Gasteiger partial charge in [0.1, 0.15) is 16.4 Å². The molecule has 2 aromatic carbocycles. The fraction of sp³-hybridized carbons (Fsp3) is 0.143. The van der Waals surface area contributed by atoms with Crippen molar-refractivity contribution >= 4 is 21.7 Å². The Bertz CT molecular complexity index is 708. The average Bonchev–Trinajstić information content (AvgIpc) is 2.42. The first-order chi connectivity index (χ1) is 9.42. The summed E-state index contributed by atoms with van der Waals surface area (Å²) in [5, 5.41) is 0.340. The average molecular weight is 313 g/mol. The topological polar surface area (TPSA) is 52.6 Å². The van der Waals surface area contributed by atoms with Crippen molar-refractivity contribution < 1.29 is 17.3 Å². The number of ether oxygens (including phenoxy) is 1. The predicted molar refractivity (Wildman–Crippen MR) is 77.0 cm³/mol. The standard InChI is InChI=1S/C14H13ClO4S/c1-10-3-4-11(15)9-14(10)20(16,17)19-13-7-5-12(18-2)6-8-13/h3-9H,1-2H3. The van der Waals surface area contributed by atoms with Crippen LogP contribution < -0.4 is 8.92 Å². The fourth-order valence-electron chi connectivity index (χ4n) is 1.65. The second kappa shape index (κ2) is 5.73. The maximum absolute atomic E-state index is 12.2. The zero-order chi connectivity index (χ0) is 14.8. The third kappa shape index (κ3) is 3.23. The molecule has 0 bridgehead atoms. The second-order valence-corrected chi connectivity index (χ2v) is 6.07. The molecule has 0 aliphatic heterocycles. The van der Waals surface area contributed by atoms with Crippen LogP contribution in [0.5, 0.6) is 11.5 Å². The van der Waals surface area contributed by atoms with Crippen LogP contribution in [0.2, 0.25) is 5.02 Å². The Kier molecular flexibility index (Phi) is 4.20. The second-order valence-electron chi connectivity index (χ2n) is 4.12. The van der Waals surface area contributed by atoms with Gasteiger partial charge in [-0.25, -0.2) is 0 Å². The van der Waals surface area contributed by atoms with Crippen LogP contribution in [0, 0.1) is 6.92 Å². The Morgan fingerprint density at radius 1 is 1.00 bits per heavy atom. The molecule has 0 fully saturated rings. The van der Waals surface area contributed by atoms with Crippen molar-refractivity contribution in [3.8, 4) is 11.5 Å². The van der Waals surface area contributed by atoms with Gasteiger partial charge >= 0.3 is 10.1 Å². The summed E-state index contributed by atoms with van der Waals surface area (Å²) in [4.78, 5) is 0.0563. The molecular weight excluding hydrogens is 300 g/mol. The molecule has 0 atom stereocenters. The van der Waals surface area contributed by atoms with E-state index in [-0.39, 0.29) is 10.6 Å². The number of hydrogen-bond donors (Lipinski definition) is 0. The first-order valence-corrected chi connectivity index (χ1v) is 7.56. The van der Waals surface area contributed by atoms with Gasteiger partial charge in [-0.3, -0.25) is 0 Å². The summed E-state index contributed by atoms with van der Waals surface area (Å²) in [7, 11) is -2.38. The number of benzene rings is 2. The van der Waals surface area contributed by atoms with E-state index in [1.165, 1.54) is 25.3 Å². The van der Waals surface area contributed by atoms with Crippen LogP contribution in [0.15, 0.2) is 47.4 Å². The summed E-state index contributed by atoms with van der Waals surface area (Å²) in [6.07, 6.45) is 0. The SMILES string of the molecule is COc1ccc(OS(=O)(=O)c2cc(Cl)ccc2C)cc1. The molecule has 0 aliphatic rings. The van der Waals surface area contributed by atoms with E-state index in [1.807, 2.05) is 0 Å². The smallest absolute Gasteiger partial charge is 0.339 e. The van der Waals surface area contributed by atoms with Gasteiger partial charge in [-0.15, -0.1) is 0 Å². The molecule has 0 saturated heterocycles. The fourth-order valence-corrected chi connectivity index (χ4v) is 3.07. The Morgan fingerprint density at radius 3 is 2.20 bits per heavy atom. The summed E-state index contributed by atoms with van der Waals surface area (Å²) in [6, 6.07) is 10.9. The van der Waals surface area contributed by atoms with E-state index >= 15 is 0 Å². The van der Waals surface area contributed by atoms with Gasteiger partial charge in [-0.05, 0) is 48.9 Å². The Morgan fingerprint density at radius 2 is 1.60 bits per heavy atom. The zero-order valence-electron chi connectivity index (χ0n) is 11.0. The van der Waals surface area contributed by atoms with Crippen LogP contribution in [0.3, 0.4) is 0 Å². The number of methoxy groups -OCH3 is 1. The summed E-state index contributed by atoms with van der Waals surface area (Å²) in [6.45, 7) is 1.68. The molecule has 2 rings (SSSR count). The van der Waals surface area contributed by atoms with Gasteiger partial charge in [0, 0.05) is 5.02 Å². The lowest BCUT2D eigenvalue weighted by molar-refractivity contribution is 0.413. The Hall–Kier alpha value is -1.72. The minimum atomic E-state index is -3.91. The molecular formula is C14H13ClO4S. The van der Waals surface area contributed by atoms with Gasteiger partial charge in [0.05, 0.1) is 7.11 Å². The molecule has 0 spiro atoms. The van der Waals surface area contributed by atoms with Crippen LogP contribution in [0.4, 0.5) is 0 Å². The number of aryl methyl sites for hydroxylation is 1. The molecule has 0 heterocycles. The van der Waals surface area contributed by atoms with Crippen molar-refractivity contribution in [1.82, 2.24) is 0 Å². The third-order valence-corrected chi connectivity index (χ3v) is 4.31. The summed E-state index contributed by atoms with van der Waals surface area (Å²) >= 11 is 5.83. The van der Waals surface area contributed by atoms with Crippen molar-refractivity contribution in [3.63, 3.8) is 0 Å². The molecule has 0 aromatic heterocycles. The first-order valence-electron chi connectivity index (χ1n) is 5.77. The molecule has 0 unspecified atom stereocenters. The van der Waals surface area contributed by atoms with E-state index in [2.05, 4.69) is 0 Å². The van der Waals surface area contributed by atoms with Crippen LogP contribution in [0.25, 0.3) is 0 Å². The number of hydrogen-bond acceptors (Lipinski definition) is 4. The molecule has 2 aromatic rings. The lowest BCUT2D eigenvalue weighted by atomic mass is 10.2. The van der Waals surface area contributed by atoms with Crippen molar-refractivity contribution in [1.29, 1.82) is 0 Å². The highest BCUT2D eigenvalue weighted by molar-refractivity contribution is 7.87. The maximum Gasteiger partial charge on any atom is 0.339 e. The molecule has 0 saturated carbocycles. The van der Waals surface area contributed by atoms with E-state index in [0.29, 0.717) is 16.3 Å². The van der Waals surface area contributed by atoms with E-state index in [1.54, 1.807) is 31.2 Å². The molecule has 106 valence electrons. The van der Waals surface area contributed by atoms with E-state index in [4.69, 9.17) is 20.5 Å². The van der Waals surface area contributed by atoms with Gasteiger partial charge in [0.25, 0.3) is 0 Å². The zero-order valence-corrected chi connectivity index (χ0v) is 12.5. The van der Waals surface area contributed by atoms with E-state index < -0.39 is 10.1 Å². The van der Waals surface area contributed by atoms with Crippen LogP contribution >= 0.6 is 11.6 Å². The van der Waals surface area contributed by atoms with Gasteiger partial charge in [0.2, 0.25) is 0 Å². The summed E-state index contributed by atoms with van der Waals surface area (Å²) in [5.41, 5.74) is 0.572. The van der Waals surface area contributed by atoms with Crippen molar-refractivity contribution in [2.45, 2.75) is 11.8 Å². The minimum absolute atomic E-state index is 0.0563. The van der Waals surface area contributed by atoms with Crippen LogP contribution in [-0.2, 0) is 10.1 Å². The van der Waals surface area contributed by atoms with Crippen LogP contribution in [-0.4, -0.2) is 15.5 Å². The largest absolute Gasteiger partial charge is 0.497 e. The molecule has 6 heteroatoms. The predicted octanol–water partition coefficient (Wildman–Crippen LogP) is 3.42. The number of rotatable bonds is 4. The molecule has 4 nitrogen and oxygen atoms in total. The lowest BCUT2D eigenvalue weighted by Crippen LogP contribution is -2.11. The molecule has 0 aliphatic carbocycles. The first kappa shape index (κ1) is 14.7. The van der Waals surface area contributed by atoms with Gasteiger partial charge < -0.3 is 8.92 Å². The van der Waals surface area contributed by atoms with Gasteiger partial charge in [0.15, 0.2) is 0 Å². The van der Waals surface area contributed by atoms with E-state index in [0.717, 1.165) is 0 Å².